The molecule has 32 heavy (non-hydrogen) atoms. The van der Waals surface area contributed by atoms with Gasteiger partial charge >= 0.3 is 6.03 Å². The minimum absolute atomic E-state index is 0.163. The molecule has 2 aromatic heterocycles. The van der Waals surface area contributed by atoms with E-state index < -0.39 is 0 Å². The summed E-state index contributed by atoms with van der Waals surface area (Å²) < 4.78 is 0. The fourth-order valence-corrected chi connectivity index (χ4v) is 3.63. The molecule has 0 saturated heterocycles. The average Bonchev–Trinajstić information content (AvgIpc) is 3.28. The van der Waals surface area contributed by atoms with Gasteiger partial charge in [-0.25, -0.2) is 4.79 Å². The number of para-hydroxylation sites is 2. The van der Waals surface area contributed by atoms with E-state index >= 15 is 0 Å². The maximum absolute atomic E-state index is 12.8. The van der Waals surface area contributed by atoms with Gasteiger partial charge < -0.3 is 26.2 Å². The Kier molecular flexibility index (Phi) is 8.18. The Morgan fingerprint density at radius 1 is 1.06 bits per heavy atom. The van der Waals surface area contributed by atoms with Gasteiger partial charge in [-0.15, -0.1) is 0 Å². The van der Waals surface area contributed by atoms with E-state index in [9.17, 15) is 9.59 Å². The van der Waals surface area contributed by atoms with Crippen molar-refractivity contribution < 1.29 is 9.59 Å². The van der Waals surface area contributed by atoms with Crippen molar-refractivity contribution in [3.63, 3.8) is 0 Å². The van der Waals surface area contributed by atoms with Crippen molar-refractivity contribution >= 4 is 40.3 Å². The number of benzene rings is 1. The molecule has 0 aliphatic heterocycles. The Hall–Kier alpha value is -3.43. The summed E-state index contributed by atoms with van der Waals surface area (Å²) in [5.41, 5.74) is 8.81. The largest absolute Gasteiger partial charge is 0.397 e. The van der Waals surface area contributed by atoms with Crippen LogP contribution in [-0.2, 0) is 6.54 Å². The lowest BCUT2D eigenvalue weighted by molar-refractivity contribution is 0.102. The molecule has 168 valence electrons. The molecule has 8 nitrogen and oxygen atoms in total. The quantitative estimate of drug-likeness (QED) is 0.426. The Bertz CT molecular complexity index is 1020. The lowest BCUT2D eigenvalue weighted by Gasteiger charge is -2.24. The summed E-state index contributed by atoms with van der Waals surface area (Å²) in [4.78, 5) is 33.4. The highest BCUT2D eigenvalue weighted by Crippen LogP contribution is 2.18. The van der Waals surface area contributed by atoms with Crippen molar-refractivity contribution in [3.8, 4) is 0 Å². The molecule has 0 saturated carbocycles. The van der Waals surface area contributed by atoms with Crippen LogP contribution < -0.4 is 16.4 Å². The third-order valence-corrected chi connectivity index (χ3v) is 5.42. The first-order valence-corrected chi connectivity index (χ1v) is 11.2. The Morgan fingerprint density at radius 3 is 2.53 bits per heavy atom. The Balaban J connectivity index is 1.65. The average molecular weight is 453 g/mol. The smallest absolute Gasteiger partial charge is 0.322 e. The van der Waals surface area contributed by atoms with Crippen molar-refractivity contribution in [2.45, 2.75) is 13.0 Å². The standard InChI is InChI=1S/C23H28N6O2S/c1-28(2)11-5-12-29(23(31)26-18-10-13-32-16-18)15-17-8-9-21(25-14-17)22(30)27-20-7-4-3-6-19(20)24/h3-4,6-10,13-14,16H,5,11-12,15,24H2,1-2H3,(H,26,31)(H,27,30). The van der Waals surface area contributed by atoms with E-state index in [4.69, 9.17) is 5.73 Å². The first-order chi connectivity index (χ1) is 15.4. The van der Waals surface area contributed by atoms with Crippen LogP contribution in [0.1, 0.15) is 22.5 Å². The zero-order chi connectivity index (χ0) is 22.9. The number of aromatic nitrogens is 1. The van der Waals surface area contributed by atoms with Gasteiger partial charge in [-0.05, 0) is 62.3 Å². The number of pyridine rings is 1. The van der Waals surface area contributed by atoms with Gasteiger partial charge in [-0.3, -0.25) is 9.78 Å². The van der Waals surface area contributed by atoms with Crippen LogP contribution in [0.15, 0.2) is 59.4 Å². The highest BCUT2D eigenvalue weighted by molar-refractivity contribution is 7.08. The van der Waals surface area contributed by atoms with Crippen molar-refractivity contribution in [2.75, 3.05) is 43.6 Å². The Labute approximate surface area is 192 Å². The molecule has 2 heterocycles. The van der Waals surface area contributed by atoms with Gasteiger partial charge in [0.25, 0.3) is 5.91 Å². The first kappa shape index (κ1) is 23.2. The zero-order valence-electron chi connectivity index (χ0n) is 18.2. The highest BCUT2D eigenvalue weighted by Gasteiger charge is 2.16. The molecular formula is C23H28N6O2S. The molecule has 0 atom stereocenters. The van der Waals surface area contributed by atoms with Crippen LogP contribution in [0, 0.1) is 0 Å². The molecule has 1 aromatic carbocycles. The van der Waals surface area contributed by atoms with E-state index in [2.05, 4.69) is 20.5 Å². The molecule has 0 radical (unpaired) electrons. The predicted octanol–water partition coefficient (Wildman–Crippen LogP) is 3.96. The van der Waals surface area contributed by atoms with Gasteiger partial charge in [-0.1, -0.05) is 18.2 Å². The number of nitrogens with one attached hydrogen (secondary N) is 2. The summed E-state index contributed by atoms with van der Waals surface area (Å²) in [5, 5.41) is 9.51. The number of carbonyl (C=O) groups excluding carboxylic acids is 2. The van der Waals surface area contributed by atoms with Crippen LogP contribution in [0.2, 0.25) is 0 Å². The normalized spacial score (nSPS) is 10.7. The third-order valence-electron chi connectivity index (χ3n) is 4.73. The highest BCUT2D eigenvalue weighted by atomic mass is 32.1. The summed E-state index contributed by atoms with van der Waals surface area (Å²) in [6.45, 7) is 1.87. The number of rotatable bonds is 9. The molecule has 0 spiro atoms. The number of amides is 3. The fraction of sp³-hybridized carbons (Fsp3) is 0.261. The number of nitrogens with two attached hydrogens (primary N) is 1. The molecule has 3 rings (SSSR count). The van der Waals surface area contributed by atoms with Gasteiger partial charge in [0.15, 0.2) is 0 Å². The topological polar surface area (TPSA) is 104 Å². The van der Waals surface area contributed by atoms with E-state index in [0.29, 0.717) is 24.5 Å². The van der Waals surface area contributed by atoms with Crippen LogP contribution in [0.3, 0.4) is 0 Å². The molecule has 0 bridgehead atoms. The monoisotopic (exact) mass is 452 g/mol. The minimum Gasteiger partial charge on any atom is -0.397 e. The summed E-state index contributed by atoms with van der Waals surface area (Å²) in [5.74, 6) is -0.340. The van der Waals surface area contributed by atoms with E-state index in [1.54, 1.807) is 41.4 Å². The van der Waals surface area contributed by atoms with E-state index in [1.165, 1.54) is 11.3 Å². The summed E-state index contributed by atoms with van der Waals surface area (Å²) in [7, 11) is 4.01. The zero-order valence-corrected chi connectivity index (χ0v) is 19.1. The van der Waals surface area contributed by atoms with Gasteiger partial charge in [0.05, 0.1) is 17.1 Å². The van der Waals surface area contributed by atoms with Gasteiger partial charge in [0, 0.05) is 24.7 Å². The number of urea groups is 1. The molecule has 0 fully saturated rings. The second kappa shape index (κ2) is 11.3. The Morgan fingerprint density at radius 2 is 1.88 bits per heavy atom. The van der Waals surface area contributed by atoms with Gasteiger partial charge in [0.1, 0.15) is 5.69 Å². The minimum atomic E-state index is -0.340. The first-order valence-electron chi connectivity index (χ1n) is 10.3. The number of thiophene rings is 1. The summed E-state index contributed by atoms with van der Waals surface area (Å²) in [6.07, 6.45) is 2.47. The van der Waals surface area contributed by atoms with Crippen LogP contribution in [-0.4, -0.2) is 53.9 Å². The fourth-order valence-electron chi connectivity index (χ4n) is 3.04. The van der Waals surface area contributed by atoms with Crippen LogP contribution in [0.4, 0.5) is 21.9 Å². The molecule has 0 aliphatic carbocycles. The second-order valence-corrected chi connectivity index (χ2v) is 8.39. The molecule has 3 amide bonds. The number of carbonyl (C=O) groups is 2. The molecule has 3 aromatic rings. The number of nitrogens with zero attached hydrogens (tertiary/aromatic N) is 3. The van der Waals surface area contributed by atoms with E-state index in [-0.39, 0.29) is 17.6 Å². The van der Waals surface area contributed by atoms with Gasteiger partial charge in [0.2, 0.25) is 0 Å². The SMILES string of the molecule is CN(C)CCCN(Cc1ccc(C(=O)Nc2ccccc2N)nc1)C(=O)Nc1ccsc1. The maximum Gasteiger partial charge on any atom is 0.322 e. The number of anilines is 3. The third kappa shape index (κ3) is 6.79. The number of hydrogen-bond donors (Lipinski definition) is 3. The summed E-state index contributed by atoms with van der Waals surface area (Å²) in [6, 6.07) is 12.2. The van der Waals surface area contributed by atoms with E-state index in [0.717, 1.165) is 24.2 Å². The van der Waals surface area contributed by atoms with Crippen molar-refractivity contribution in [2.24, 2.45) is 0 Å². The molecule has 0 aliphatic rings. The van der Waals surface area contributed by atoms with Crippen molar-refractivity contribution in [1.82, 2.24) is 14.8 Å². The van der Waals surface area contributed by atoms with E-state index in [1.807, 2.05) is 37.0 Å². The van der Waals surface area contributed by atoms with Gasteiger partial charge in [-0.2, -0.15) is 11.3 Å². The lowest BCUT2D eigenvalue weighted by atomic mass is 10.2. The number of hydrogen-bond acceptors (Lipinski definition) is 6. The second-order valence-electron chi connectivity index (χ2n) is 7.61. The molecule has 4 N–H and O–H groups in total. The van der Waals surface area contributed by atoms with Crippen molar-refractivity contribution in [1.29, 1.82) is 0 Å². The lowest BCUT2D eigenvalue weighted by Crippen LogP contribution is -2.36. The predicted molar refractivity (Wildman–Crippen MR) is 130 cm³/mol. The van der Waals surface area contributed by atoms with Crippen LogP contribution >= 0.6 is 11.3 Å². The van der Waals surface area contributed by atoms with Crippen LogP contribution in [0.5, 0.6) is 0 Å². The molecular weight excluding hydrogens is 424 g/mol. The molecule has 9 heteroatoms. The van der Waals surface area contributed by atoms with Crippen LogP contribution in [0.25, 0.3) is 0 Å². The molecule has 0 unspecified atom stereocenters. The maximum atomic E-state index is 12.8. The summed E-state index contributed by atoms with van der Waals surface area (Å²) >= 11 is 1.53. The van der Waals surface area contributed by atoms with Crippen molar-refractivity contribution in [3.05, 3.63) is 70.7 Å². The number of nitrogen functional groups attached to an aromatic ring is 1.